The summed E-state index contributed by atoms with van der Waals surface area (Å²) in [6.45, 7) is 4.97. The van der Waals surface area contributed by atoms with Crippen LogP contribution in [0.3, 0.4) is 0 Å². The number of benzene rings is 1. The second kappa shape index (κ2) is 6.60. The van der Waals surface area contributed by atoms with Crippen LogP contribution in [0.4, 0.5) is 5.69 Å². The van der Waals surface area contributed by atoms with Gasteiger partial charge in [-0.3, -0.25) is 14.6 Å². The van der Waals surface area contributed by atoms with Crippen LogP contribution >= 0.6 is 0 Å². The van der Waals surface area contributed by atoms with E-state index in [0.717, 1.165) is 16.7 Å². The first-order valence-corrected chi connectivity index (χ1v) is 7.34. The van der Waals surface area contributed by atoms with E-state index in [-0.39, 0.29) is 12.3 Å². The predicted molar refractivity (Wildman–Crippen MR) is 89.1 cm³/mol. The van der Waals surface area contributed by atoms with Gasteiger partial charge in [0.15, 0.2) is 0 Å². The summed E-state index contributed by atoms with van der Waals surface area (Å²) in [5.74, 6) is -1.30. The van der Waals surface area contributed by atoms with Crippen LogP contribution in [0.5, 0.6) is 0 Å². The molecule has 120 valence electrons. The van der Waals surface area contributed by atoms with Crippen LogP contribution < -0.4 is 5.32 Å². The maximum absolute atomic E-state index is 12.1. The van der Waals surface area contributed by atoms with Gasteiger partial charge in [-0.15, -0.1) is 0 Å². The lowest BCUT2D eigenvalue weighted by Crippen LogP contribution is -2.29. The molecule has 0 spiro atoms. The number of aromatic nitrogens is 1. The zero-order chi connectivity index (χ0) is 17.0. The first-order valence-electron chi connectivity index (χ1n) is 7.34. The summed E-state index contributed by atoms with van der Waals surface area (Å²) in [5, 5.41) is 11.9. The van der Waals surface area contributed by atoms with Crippen LogP contribution in [-0.2, 0) is 9.59 Å². The van der Waals surface area contributed by atoms with Gasteiger partial charge in [-0.25, -0.2) is 0 Å². The van der Waals surface area contributed by atoms with Crippen LogP contribution in [0.25, 0.3) is 11.1 Å². The topological polar surface area (TPSA) is 79.3 Å². The van der Waals surface area contributed by atoms with E-state index in [1.54, 1.807) is 12.4 Å². The third-order valence-corrected chi connectivity index (χ3v) is 3.71. The van der Waals surface area contributed by atoms with Crippen molar-refractivity contribution in [2.24, 2.45) is 5.41 Å². The number of nitrogens with zero attached hydrogens (tertiary/aromatic N) is 1. The molecule has 0 fully saturated rings. The molecule has 0 saturated heterocycles. The molecule has 2 N–H and O–H groups in total. The molecule has 2 rings (SSSR count). The van der Waals surface area contributed by atoms with Crippen LogP contribution in [0.15, 0.2) is 42.7 Å². The molecular weight excluding hydrogens is 292 g/mol. The van der Waals surface area contributed by atoms with E-state index in [1.807, 2.05) is 37.3 Å². The van der Waals surface area contributed by atoms with Gasteiger partial charge in [-0.1, -0.05) is 12.1 Å². The molecule has 23 heavy (non-hydrogen) atoms. The largest absolute Gasteiger partial charge is 0.481 e. The molecule has 2 aromatic rings. The molecular formula is C18H20N2O3. The minimum absolute atomic E-state index is 0.0821. The maximum Gasteiger partial charge on any atom is 0.309 e. The Kier molecular flexibility index (Phi) is 4.79. The van der Waals surface area contributed by atoms with Crippen LogP contribution in [0, 0.1) is 12.3 Å². The molecule has 1 aromatic heterocycles. The van der Waals surface area contributed by atoms with Crippen molar-refractivity contribution in [1.29, 1.82) is 0 Å². The Balaban J connectivity index is 2.20. The molecule has 0 bridgehead atoms. The Morgan fingerprint density at radius 2 is 1.78 bits per heavy atom. The summed E-state index contributed by atoms with van der Waals surface area (Å²) in [7, 11) is 0. The Labute approximate surface area is 135 Å². The summed E-state index contributed by atoms with van der Waals surface area (Å²) in [4.78, 5) is 27.3. The Morgan fingerprint density at radius 1 is 1.13 bits per heavy atom. The number of pyridine rings is 1. The summed E-state index contributed by atoms with van der Waals surface area (Å²) < 4.78 is 0. The van der Waals surface area contributed by atoms with E-state index in [1.165, 1.54) is 13.8 Å². The highest BCUT2D eigenvalue weighted by Crippen LogP contribution is 2.26. The number of carboxylic acids is 1. The fraction of sp³-hybridized carbons (Fsp3) is 0.278. The number of carboxylic acid groups (broad SMARTS) is 1. The molecule has 1 amide bonds. The lowest BCUT2D eigenvalue weighted by atomic mass is 9.89. The van der Waals surface area contributed by atoms with Crippen molar-refractivity contribution >= 4 is 17.6 Å². The minimum Gasteiger partial charge on any atom is -0.481 e. The SMILES string of the molecule is Cc1ccc(-c2ccncc2)cc1NC(=O)CC(C)(C)C(=O)O. The zero-order valence-corrected chi connectivity index (χ0v) is 13.5. The molecule has 1 heterocycles. The number of aryl methyl sites for hydroxylation is 1. The maximum atomic E-state index is 12.1. The number of aliphatic carboxylic acids is 1. The highest BCUT2D eigenvalue weighted by Gasteiger charge is 2.30. The lowest BCUT2D eigenvalue weighted by molar-refractivity contribution is -0.148. The van der Waals surface area contributed by atoms with Gasteiger partial charge in [0.25, 0.3) is 0 Å². The van der Waals surface area contributed by atoms with Crippen molar-refractivity contribution in [2.45, 2.75) is 27.2 Å². The fourth-order valence-corrected chi connectivity index (χ4v) is 2.15. The second-order valence-electron chi connectivity index (χ2n) is 6.18. The first-order chi connectivity index (χ1) is 10.8. The Bertz CT molecular complexity index is 724. The number of anilines is 1. The van der Waals surface area contributed by atoms with E-state index >= 15 is 0 Å². The van der Waals surface area contributed by atoms with E-state index in [4.69, 9.17) is 5.11 Å². The van der Waals surface area contributed by atoms with Crippen molar-refractivity contribution in [1.82, 2.24) is 4.98 Å². The number of carbonyl (C=O) groups excluding carboxylic acids is 1. The first kappa shape index (κ1) is 16.7. The summed E-state index contributed by atoms with van der Waals surface area (Å²) in [6.07, 6.45) is 3.34. The quantitative estimate of drug-likeness (QED) is 0.885. The van der Waals surface area contributed by atoms with Crippen molar-refractivity contribution in [3.63, 3.8) is 0 Å². The normalized spacial score (nSPS) is 11.1. The van der Waals surface area contributed by atoms with E-state index in [0.29, 0.717) is 5.69 Å². The highest BCUT2D eigenvalue weighted by molar-refractivity contribution is 5.95. The van der Waals surface area contributed by atoms with Gasteiger partial charge in [0.2, 0.25) is 5.91 Å². The van der Waals surface area contributed by atoms with Gasteiger partial charge in [0.1, 0.15) is 0 Å². The highest BCUT2D eigenvalue weighted by atomic mass is 16.4. The van der Waals surface area contributed by atoms with Gasteiger partial charge in [-0.2, -0.15) is 0 Å². The fourth-order valence-electron chi connectivity index (χ4n) is 2.15. The molecule has 1 aromatic carbocycles. The molecule has 0 unspecified atom stereocenters. The lowest BCUT2D eigenvalue weighted by Gasteiger charge is -2.19. The van der Waals surface area contributed by atoms with Gasteiger partial charge in [0, 0.05) is 24.5 Å². The van der Waals surface area contributed by atoms with Crippen molar-refractivity contribution < 1.29 is 14.7 Å². The summed E-state index contributed by atoms with van der Waals surface area (Å²) in [6, 6.07) is 9.57. The third kappa shape index (κ3) is 4.16. The van der Waals surface area contributed by atoms with Crippen molar-refractivity contribution in [2.75, 3.05) is 5.32 Å². The molecule has 0 aliphatic rings. The smallest absolute Gasteiger partial charge is 0.309 e. The average Bonchev–Trinajstić information content (AvgIpc) is 2.49. The van der Waals surface area contributed by atoms with E-state index in [2.05, 4.69) is 10.3 Å². The number of rotatable bonds is 5. The van der Waals surface area contributed by atoms with E-state index < -0.39 is 11.4 Å². The minimum atomic E-state index is -1.10. The van der Waals surface area contributed by atoms with Crippen molar-refractivity contribution in [3.8, 4) is 11.1 Å². The van der Waals surface area contributed by atoms with Gasteiger partial charge >= 0.3 is 5.97 Å². The molecule has 0 saturated carbocycles. The summed E-state index contributed by atoms with van der Waals surface area (Å²) >= 11 is 0. The Morgan fingerprint density at radius 3 is 2.39 bits per heavy atom. The third-order valence-electron chi connectivity index (χ3n) is 3.71. The molecule has 0 aliphatic carbocycles. The van der Waals surface area contributed by atoms with Gasteiger partial charge < -0.3 is 10.4 Å². The zero-order valence-electron chi connectivity index (χ0n) is 13.5. The van der Waals surface area contributed by atoms with Crippen LogP contribution in [0.1, 0.15) is 25.8 Å². The average molecular weight is 312 g/mol. The molecule has 0 aliphatic heterocycles. The molecule has 5 nitrogen and oxygen atoms in total. The van der Waals surface area contributed by atoms with Gasteiger partial charge in [-0.05, 0) is 55.7 Å². The Hall–Kier alpha value is -2.69. The van der Waals surface area contributed by atoms with Crippen molar-refractivity contribution in [3.05, 3.63) is 48.3 Å². The monoisotopic (exact) mass is 312 g/mol. The number of amides is 1. The molecule has 5 heteroatoms. The number of nitrogens with one attached hydrogen (secondary N) is 1. The number of hydrogen-bond donors (Lipinski definition) is 2. The van der Waals surface area contributed by atoms with Crippen LogP contribution in [-0.4, -0.2) is 22.0 Å². The summed E-state index contributed by atoms with van der Waals surface area (Å²) in [5.41, 5.74) is 2.47. The standard InChI is InChI=1S/C18H20N2O3/c1-12-4-5-14(13-6-8-19-9-7-13)10-15(12)20-16(21)11-18(2,3)17(22)23/h4-10H,11H2,1-3H3,(H,20,21)(H,22,23). The molecule has 0 atom stereocenters. The molecule has 0 radical (unpaired) electrons. The van der Waals surface area contributed by atoms with Gasteiger partial charge in [0.05, 0.1) is 5.41 Å². The second-order valence-corrected chi connectivity index (χ2v) is 6.18. The van der Waals surface area contributed by atoms with E-state index in [9.17, 15) is 9.59 Å². The predicted octanol–water partition coefficient (Wildman–Crippen LogP) is 3.50. The number of hydrogen-bond acceptors (Lipinski definition) is 3. The number of carbonyl (C=O) groups is 2. The van der Waals surface area contributed by atoms with Crippen LogP contribution in [0.2, 0.25) is 0 Å².